The molecule has 1 aliphatic carbocycles. The van der Waals surface area contributed by atoms with Gasteiger partial charge in [0.1, 0.15) is 5.60 Å². The van der Waals surface area contributed by atoms with E-state index in [1.54, 1.807) is 25.1 Å². The molecule has 1 aromatic rings. The van der Waals surface area contributed by atoms with E-state index in [2.05, 4.69) is 6.58 Å². The van der Waals surface area contributed by atoms with Gasteiger partial charge in [-0.25, -0.2) is 4.99 Å². The van der Waals surface area contributed by atoms with Crippen LogP contribution in [-0.4, -0.2) is 34.1 Å². The van der Waals surface area contributed by atoms with Gasteiger partial charge < -0.3 is 15.3 Å². The van der Waals surface area contributed by atoms with Gasteiger partial charge in [0.25, 0.3) is 0 Å². The van der Waals surface area contributed by atoms with Gasteiger partial charge in [0.2, 0.25) is 0 Å². The first kappa shape index (κ1) is 28.5. The third kappa shape index (κ3) is 9.44. The van der Waals surface area contributed by atoms with Crippen molar-refractivity contribution in [3.8, 4) is 0 Å². The molecule has 0 amide bonds. The predicted molar refractivity (Wildman–Crippen MR) is 141 cm³/mol. The van der Waals surface area contributed by atoms with E-state index in [1.165, 1.54) is 0 Å². The van der Waals surface area contributed by atoms with Crippen molar-refractivity contribution < 1.29 is 19.4 Å². The summed E-state index contributed by atoms with van der Waals surface area (Å²) < 4.78 is 5.62. The zero-order valence-corrected chi connectivity index (χ0v) is 22.0. The minimum atomic E-state index is -0.951. The molecule has 0 bridgehead atoms. The molecule has 2 atom stereocenters. The molecule has 0 heterocycles. The number of nitrogens with zero attached hydrogens (tertiary/aromatic N) is 1. The summed E-state index contributed by atoms with van der Waals surface area (Å²) in [4.78, 5) is 28.4. The largest absolute Gasteiger partial charge is 0.481 e. The summed E-state index contributed by atoms with van der Waals surface area (Å²) >= 11 is 6.09. The molecule has 1 aromatic carbocycles. The average molecular weight is 501 g/mol. The Morgan fingerprint density at radius 1 is 1.23 bits per heavy atom. The molecular weight excluding hydrogens is 464 g/mol. The fraction of sp³-hybridized carbons (Fsp3) is 0.500. The van der Waals surface area contributed by atoms with Gasteiger partial charge in [-0.3, -0.25) is 9.59 Å². The Hall–Kier alpha value is -2.73. The van der Waals surface area contributed by atoms with Crippen LogP contribution in [0.25, 0.3) is 0 Å². The number of carboxylic acids is 1. The fourth-order valence-corrected chi connectivity index (χ4v) is 4.39. The number of carbonyl (C=O) groups is 2. The van der Waals surface area contributed by atoms with Gasteiger partial charge in [0.05, 0.1) is 29.5 Å². The van der Waals surface area contributed by atoms with E-state index >= 15 is 0 Å². The number of hydrogen-bond acceptors (Lipinski definition) is 5. The van der Waals surface area contributed by atoms with E-state index in [9.17, 15) is 9.59 Å². The Morgan fingerprint density at radius 2 is 1.89 bits per heavy atom. The molecular formula is C28H37ClN2O4. The molecule has 35 heavy (non-hydrogen) atoms. The summed E-state index contributed by atoms with van der Waals surface area (Å²) in [5.74, 6) is -0.936. The quantitative estimate of drug-likeness (QED) is 0.266. The normalized spacial score (nSPS) is 19.2. The topological polar surface area (TPSA) is 99.8 Å². The second-order valence-corrected chi connectivity index (χ2v) is 10.5. The molecule has 7 heteroatoms. The number of esters is 1. The molecule has 0 radical (unpaired) electrons. The minimum absolute atomic E-state index is 0.0963. The average Bonchev–Trinajstić information content (AvgIpc) is 2.78. The fourth-order valence-electron chi connectivity index (χ4n) is 4.26. The Labute approximate surface area is 213 Å². The van der Waals surface area contributed by atoms with Gasteiger partial charge in [-0.15, -0.1) is 0 Å². The van der Waals surface area contributed by atoms with Gasteiger partial charge in [-0.05, 0) is 70.6 Å². The lowest BCUT2D eigenvalue weighted by atomic mass is 9.77. The van der Waals surface area contributed by atoms with Crippen LogP contribution in [0.15, 0.2) is 53.2 Å². The summed E-state index contributed by atoms with van der Waals surface area (Å²) in [6.45, 7) is 11.8. The predicted octanol–water partition coefficient (Wildman–Crippen LogP) is 7.01. The smallest absolute Gasteiger partial charge is 0.309 e. The molecule has 2 N–H and O–H groups in total. The van der Waals surface area contributed by atoms with Gasteiger partial charge in [-0.1, -0.05) is 49.2 Å². The van der Waals surface area contributed by atoms with Crippen LogP contribution in [0.1, 0.15) is 78.2 Å². The van der Waals surface area contributed by atoms with Crippen molar-refractivity contribution in [1.82, 2.24) is 0 Å². The SMILES string of the molecule is C=C(CC1CCCC(C(=O)OC(C)(C)C)C1)C(=N/C(=C/C)C(=N)CCC(=O)O)c1ccc(Cl)cc1. The first-order chi connectivity index (χ1) is 16.4. The summed E-state index contributed by atoms with van der Waals surface area (Å²) in [5.41, 5.74) is 2.37. The number of benzene rings is 1. The summed E-state index contributed by atoms with van der Waals surface area (Å²) in [6, 6.07) is 7.30. The zero-order valence-electron chi connectivity index (χ0n) is 21.2. The lowest BCUT2D eigenvalue weighted by molar-refractivity contribution is -0.161. The summed E-state index contributed by atoms with van der Waals surface area (Å²) in [5, 5.41) is 17.9. The van der Waals surface area contributed by atoms with Crippen LogP contribution in [0.2, 0.25) is 5.02 Å². The number of nitrogens with one attached hydrogen (secondary N) is 1. The second kappa shape index (κ2) is 12.8. The molecule has 6 nitrogen and oxygen atoms in total. The van der Waals surface area contributed by atoms with Crippen LogP contribution >= 0.6 is 11.6 Å². The monoisotopic (exact) mass is 500 g/mol. The van der Waals surface area contributed by atoms with E-state index in [-0.39, 0.29) is 36.4 Å². The number of ether oxygens (including phenoxy) is 1. The standard InChI is InChI=1S/C28H37ClN2O4/c1-6-24(23(30)14-15-25(32)33)31-26(20-10-12-22(29)13-11-20)18(2)16-19-8-7-9-21(17-19)27(34)35-28(3,4)5/h6,10-13,19,21,30H,2,7-9,14-17H2,1,3-5H3,(H,32,33)/b24-6+,30-23?,31-26?. The maximum atomic E-state index is 12.6. The van der Waals surface area contributed by atoms with Gasteiger partial charge in [-0.2, -0.15) is 0 Å². The zero-order chi connectivity index (χ0) is 26.2. The highest BCUT2D eigenvalue weighted by Crippen LogP contribution is 2.35. The van der Waals surface area contributed by atoms with Crippen molar-refractivity contribution in [2.75, 3.05) is 0 Å². The minimum Gasteiger partial charge on any atom is -0.481 e. The van der Waals surface area contributed by atoms with E-state index in [0.717, 1.165) is 36.8 Å². The van der Waals surface area contributed by atoms with Crippen LogP contribution in [0.3, 0.4) is 0 Å². The highest BCUT2D eigenvalue weighted by molar-refractivity contribution is 6.30. The number of allylic oxidation sites excluding steroid dienone is 3. The summed E-state index contributed by atoms with van der Waals surface area (Å²) in [7, 11) is 0. The van der Waals surface area contributed by atoms with Gasteiger partial charge >= 0.3 is 11.9 Å². The Morgan fingerprint density at radius 3 is 2.46 bits per heavy atom. The van der Waals surface area contributed by atoms with Crippen LogP contribution in [0.4, 0.5) is 0 Å². The number of aliphatic imine (C=N–C) groups is 1. The second-order valence-electron chi connectivity index (χ2n) is 10.1. The van der Waals surface area contributed by atoms with Crippen LogP contribution in [-0.2, 0) is 14.3 Å². The van der Waals surface area contributed by atoms with Crippen molar-refractivity contribution in [3.05, 3.63) is 58.8 Å². The lowest BCUT2D eigenvalue weighted by Crippen LogP contribution is -2.31. The summed E-state index contributed by atoms with van der Waals surface area (Å²) in [6.07, 6.45) is 5.88. The first-order valence-corrected chi connectivity index (χ1v) is 12.5. The molecule has 1 aliphatic rings. The Kier molecular flexibility index (Phi) is 10.4. The van der Waals surface area contributed by atoms with Crippen LogP contribution in [0, 0.1) is 17.2 Å². The molecule has 2 unspecified atom stereocenters. The third-order valence-corrected chi connectivity index (χ3v) is 6.17. The molecule has 190 valence electrons. The van der Waals surface area contributed by atoms with Gasteiger partial charge in [0, 0.05) is 17.0 Å². The number of halogens is 1. The molecule has 0 saturated heterocycles. The van der Waals surface area contributed by atoms with Crippen LogP contribution in [0.5, 0.6) is 0 Å². The molecule has 2 rings (SSSR count). The van der Waals surface area contributed by atoms with Crippen molar-refractivity contribution >= 4 is 35.0 Å². The third-order valence-electron chi connectivity index (χ3n) is 5.91. The maximum Gasteiger partial charge on any atom is 0.309 e. The maximum absolute atomic E-state index is 12.6. The van der Waals surface area contributed by atoms with Crippen molar-refractivity contribution in [2.24, 2.45) is 16.8 Å². The molecule has 0 aromatic heterocycles. The number of carboxylic acid groups (broad SMARTS) is 1. The molecule has 1 saturated carbocycles. The van der Waals surface area contributed by atoms with Crippen molar-refractivity contribution in [1.29, 1.82) is 5.41 Å². The van der Waals surface area contributed by atoms with E-state index in [0.29, 0.717) is 22.9 Å². The number of aliphatic carboxylic acids is 1. The van der Waals surface area contributed by atoms with E-state index in [1.807, 2.05) is 32.9 Å². The molecule has 0 aliphatic heterocycles. The van der Waals surface area contributed by atoms with Gasteiger partial charge in [0.15, 0.2) is 0 Å². The number of carbonyl (C=O) groups excluding carboxylic acids is 1. The van der Waals surface area contributed by atoms with E-state index < -0.39 is 11.6 Å². The molecule has 0 spiro atoms. The van der Waals surface area contributed by atoms with E-state index in [4.69, 9.17) is 31.8 Å². The van der Waals surface area contributed by atoms with Crippen molar-refractivity contribution in [2.45, 2.75) is 78.2 Å². The first-order valence-electron chi connectivity index (χ1n) is 12.1. The van der Waals surface area contributed by atoms with Crippen molar-refractivity contribution in [3.63, 3.8) is 0 Å². The lowest BCUT2D eigenvalue weighted by Gasteiger charge is -2.31. The van der Waals surface area contributed by atoms with Crippen LogP contribution < -0.4 is 0 Å². The molecule has 1 fully saturated rings. The number of rotatable bonds is 10. The Bertz CT molecular complexity index is 1000. The number of hydrogen-bond donors (Lipinski definition) is 2. The highest BCUT2D eigenvalue weighted by atomic mass is 35.5. The highest BCUT2D eigenvalue weighted by Gasteiger charge is 2.31. The Balaban J connectivity index is 2.25.